The van der Waals surface area contributed by atoms with Gasteiger partial charge in [-0.05, 0) is 6.08 Å². The van der Waals surface area contributed by atoms with Gasteiger partial charge in [0.1, 0.15) is 13.3 Å². The molecule has 4 fully saturated rings. The second-order valence-corrected chi connectivity index (χ2v) is 4.64. The van der Waals surface area contributed by atoms with Crippen molar-refractivity contribution in [1.82, 2.24) is 15.3 Å². The van der Waals surface area contributed by atoms with Crippen LogP contribution in [0.3, 0.4) is 0 Å². The molecule has 4 unspecified atom stereocenters. The summed E-state index contributed by atoms with van der Waals surface area (Å²) in [5.74, 6) is 0. The molecule has 4 bridgehead atoms. The summed E-state index contributed by atoms with van der Waals surface area (Å²) in [5.41, 5.74) is 3.54. The minimum absolute atomic E-state index is 0. The lowest BCUT2D eigenvalue weighted by Crippen LogP contribution is -3.00. The maximum atomic E-state index is 3.86. The molecule has 0 aromatic heterocycles. The second kappa shape index (κ2) is 3.47. The third-order valence-corrected chi connectivity index (χ3v) is 3.31. The monoisotopic (exact) mass is 216 g/mol. The lowest BCUT2D eigenvalue weighted by Gasteiger charge is -2.59. The molecular formula is C9H17ClN4. The molecule has 0 aromatic rings. The van der Waals surface area contributed by atoms with Crippen LogP contribution in [0.25, 0.3) is 0 Å². The van der Waals surface area contributed by atoms with Gasteiger partial charge in [-0.3, -0.25) is 4.48 Å². The van der Waals surface area contributed by atoms with Crippen molar-refractivity contribution in [2.45, 2.75) is 6.04 Å². The van der Waals surface area contributed by atoms with Crippen molar-refractivity contribution < 1.29 is 16.9 Å². The van der Waals surface area contributed by atoms with Crippen LogP contribution in [0.15, 0.2) is 12.7 Å². The highest BCUT2D eigenvalue weighted by molar-refractivity contribution is 4.84. The third-order valence-electron chi connectivity index (χ3n) is 3.31. The lowest BCUT2D eigenvalue weighted by atomic mass is 10.1. The number of rotatable bonds is 2. The van der Waals surface area contributed by atoms with Gasteiger partial charge in [-0.1, -0.05) is 6.58 Å². The third kappa shape index (κ3) is 1.47. The molecule has 0 aromatic carbocycles. The van der Waals surface area contributed by atoms with Gasteiger partial charge in [0.25, 0.3) is 0 Å². The van der Waals surface area contributed by atoms with E-state index in [0.717, 1.165) is 19.9 Å². The van der Waals surface area contributed by atoms with Gasteiger partial charge in [0.15, 0.2) is 0 Å². The van der Waals surface area contributed by atoms with E-state index < -0.39 is 0 Å². The number of nitrogens with one attached hydrogen (secondary N) is 1. The van der Waals surface area contributed by atoms with Crippen LogP contribution in [-0.4, -0.2) is 60.1 Å². The summed E-state index contributed by atoms with van der Waals surface area (Å²) in [5, 5.41) is 2.35. The fraction of sp³-hybridized carbons (Fsp3) is 0.778. The van der Waals surface area contributed by atoms with E-state index in [2.05, 4.69) is 28.0 Å². The van der Waals surface area contributed by atoms with Crippen LogP contribution >= 0.6 is 0 Å². The highest BCUT2D eigenvalue weighted by Crippen LogP contribution is 2.26. The Bertz CT molecular complexity index is 208. The summed E-state index contributed by atoms with van der Waals surface area (Å²) in [4.78, 5) is 2.54. The van der Waals surface area contributed by atoms with Crippen LogP contribution in [-0.2, 0) is 0 Å². The average molecular weight is 217 g/mol. The molecule has 1 N–H and O–H groups in total. The van der Waals surface area contributed by atoms with Crippen molar-refractivity contribution in [2.24, 2.45) is 0 Å². The van der Waals surface area contributed by atoms with Crippen molar-refractivity contribution in [3.63, 3.8) is 0 Å². The SMILES string of the molecule is C=CC[N+]12CC3CN(CN(C1)N3)C2.[Cl-]. The predicted molar refractivity (Wildman–Crippen MR) is 50.3 cm³/mol. The molecule has 80 valence electrons. The largest absolute Gasteiger partial charge is 1.00 e. The summed E-state index contributed by atoms with van der Waals surface area (Å²) >= 11 is 0. The summed E-state index contributed by atoms with van der Waals surface area (Å²) < 4.78 is 1.20. The fourth-order valence-corrected chi connectivity index (χ4v) is 3.12. The number of hydrazine groups is 1. The van der Waals surface area contributed by atoms with E-state index in [4.69, 9.17) is 0 Å². The molecule has 14 heavy (non-hydrogen) atoms. The normalized spacial score (nSPS) is 48.7. The van der Waals surface area contributed by atoms with E-state index in [1.807, 2.05) is 0 Å². The van der Waals surface area contributed by atoms with Gasteiger partial charge in [-0.2, -0.15) is 5.01 Å². The van der Waals surface area contributed by atoms with Crippen LogP contribution in [0, 0.1) is 0 Å². The predicted octanol–water partition coefficient (Wildman–Crippen LogP) is -3.62. The summed E-state index contributed by atoms with van der Waals surface area (Å²) in [6.07, 6.45) is 2.06. The zero-order valence-electron chi connectivity index (χ0n) is 8.32. The minimum Gasteiger partial charge on any atom is -1.00 e. The number of halogens is 1. The smallest absolute Gasteiger partial charge is 0.150 e. The first-order valence-electron chi connectivity index (χ1n) is 4.99. The van der Waals surface area contributed by atoms with Crippen molar-refractivity contribution in [3.8, 4) is 0 Å². The number of nitrogens with zero attached hydrogens (tertiary/aromatic N) is 3. The molecule has 0 amide bonds. The molecule has 4 nitrogen and oxygen atoms in total. The minimum atomic E-state index is 0. The van der Waals surface area contributed by atoms with Crippen LogP contribution in [0.5, 0.6) is 0 Å². The maximum Gasteiger partial charge on any atom is 0.150 e. The highest BCUT2D eigenvalue weighted by atomic mass is 35.5. The summed E-state index contributed by atoms with van der Waals surface area (Å²) in [6.45, 7) is 11.0. The highest BCUT2D eigenvalue weighted by Gasteiger charge is 2.48. The Balaban J connectivity index is 0.000000750. The average Bonchev–Trinajstić information content (AvgIpc) is 2.00. The molecule has 4 atom stereocenters. The van der Waals surface area contributed by atoms with Crippen LogP contribution < -0.4 is 17.8 Å². The Morgan fingerprint density at radius 3 is 3.00 bits per heavy atom. The summed E-state index contributed by atoms with van der Waals surface area (Å²) in [6, 6.07) is 0.677. The van der Waals surface area contributed by atoms with Crippen molar-refractivity contribution in [3.05, 3.63) is 12.7 Å². The molecule has 4 saturated heterocycles. The first-order valence-corrected chi connectivity index (χ1v) is 4.99. The zero-order valence-corrected chi connectivity index (χ0v) is 9.08. The maximum absolute atomic E-state index is 3.86. The quantitative estimate of drug-likeness (QED) is 0.380. The molecule has 0 spiro atoms. The van der Waals surface area contributed by atoms with Gasteiger partial charge in [-0.25, -0.2) is 10.3 Å². The van der Waals surface area contributed by atoms with E-state index >= 15 is 0 Å². The molecule has 4 aliphatic heterocycles. The van der Waals surface area contributed by atoms with Crippen LogP contribution in [0.1, 0.15) is 0 Å². The van der Waals surface area contributed by atoms with Gasteiger partial charge in [0.2, 0.25) is 0 Å². The Morgan fingerprint density at radius 1 is 1.50 bits per heavy atom. The van der Waals surface area contributed by atoms with E-state index in [9.17, 15) is 0 Å². The van der Waals surface area contributed by atoms with E-state index in [-0.39, 0.29) is 12.4 Å². The Hall–Kier alpha value is -0.130. The number of hydrogen-bond donors (Lipinski definition) is 1. The fourth-order valence-electron chi connectivity index (χ4n) is 3.12. The first-order chi connectivity index (χ1) is 6.30. The lowest BCUT2D eigenvalue weighted by molar-refractivity contribution is -0.965. The Morgan fingerprint density at radius 2 is 2.36 bits per heavy atom. The molecule has 4 aliphatic rings. The molecule has 0 radical (unpaired) electrons. The number of hydrogen-bond acceptors (Lipinski definition) is 3. The molecule has 0 aliphatic carbocycles. The Labute approximate surface area is 91.1 Å². The zero-order chi connectivity index (χ0) is 8.89. The van der Waals surface area contributed by atoms with E-state index in [1.165, 1.54) is 24.2 Å². The van der Waals surface area contributed by atoms with Gasteiger partial charge in [0, 0.05) is 6.54 Å². The van der Waals surface area contributed by atoms with E-state index in [1.54, 1.807) is 0 Å². The molecular weight excluding hydrogens is 200 g/mol. The van der Waals surface area contributed by atoms with Gasteiger partial charge in [0.05, 0.1) is 25.8 Å². The van der Waals surface area contributed by atoms with Gasteiger partial charge < -0.3 is 12.4 Å². The van der Waals surface area contributed by atoms with Gasteiger partial charge >= 0.3 is 0 Å². The molecule has 4 rings (SSSR count). The standard InChI is InChI=1S/C9H17N4.ClH/c1-2-3-13-5-9-4-11(7-13)6-12(8-13)10-9;/h2,9-10H,1,3-8H2;1H/q+1;/p-1. The van der Waals surface area contributed by atoms with Crippen molar-refractivity contribution >= 4 is 0 Å². The molecule has 4 heterocycles. The first kappa shape index (κ1) is 10.4. The Kier molecular flexibility index (Phi) is 2.57. The van der Waals surface area contributed by atoms with E-state index in [0.29, 0.717) is 6.04 Å². The van der Waals surface area contributed by atoms with Gasteiger partial charge in [-0.15, -0.1) is 0 Å². The second-order valence-electron chi connectivity index (χ2n) is 4.64. The van der Waals surface area contributed by atoms with Crippen molar-refractivity contribution in [2.75, 3.05) is 39.6 Å². The number of quaternary nitrogens is 1. The molecule has 0 saturated carbocycles. The van der Waals surface area contributed by atoms with Crippen molar-refractivity contribution in [1.29, 1.82) is 0 Å². The van der Waals surface area contributed by atoms with Crippen LogP contribution in [0.4, 0.5) is 0 Å². The summed E-state index contributed by atoms with van der Waals surface area (Å²) in [7, 11) is 0. The molecule has 5 heteroatoms. The topological polar surface area (TPSA) is 18.5 Å². The van der Waals surface area contributed by atoms with Crippen LogP contribution in [0.2, 0.25) is 0 Å².